The smallest absolute Gasteiger partial charge is 0.254 e. The number of rotatable bonds is 4. The quantitative estimate of drug-likeness (QED) is 0.407. The second-order valence-electron chi connectivity index (χ2n) is 10.0. The van der Waals surface area contributed by atoms with Gasteiger partial charge in [-0.15, -0.1) is 0 Å². The number of aromatic nitrogens is 4. The fourth-order valence-electron chi connectivity index (χ4n) is 6.22. The maximum Gasteiger partial charge on any atom is 0.254 e. The summed E-state index contributed by atoms with van der Waals surface area (Å²) in [6.07, 6.45) is 7.45. The highest BCUT2D eigenvalue weighted by molar-refractivity contribution is 6.05. The lowest BCUT2D eigenvalue weighted by Gasteiger charge is -2.18. The van der Waals surface area contributed by atoms with E-state index >= 15 is 0 Å². The zero-order valence-electron chi connectivity index (χ0n) is 19.9. The van der Waals surface area contributed by atoms with Gasteiger partial charge in [-0.1, -0.05) is 6.07 Å². The summed E-state index contributed by atoms with van der Waals surface area (Å²) in [5, 5.41) is 9.79. The second-order valence-corrected chi connectivity index (χ2v) is 10.0. The molecule has 2 fully saturated rings. The van der Waals surface area contributed by atoms with Crippen molar-refractivity contribution in [3.63, 3.8) is 0 Å². The van der Waals surface area contributed by atoms with Crippen molar-refractivity contribution in [2.24, 2.45) is 11.8 Å². The van der Waals surface area contributed by atoms with Crippen molar-refractivity contribution in [1.82, 2.24) is 30.0 Å². The number of hydrogen-bond acceptors (Lipinski definition) is 6. The van der Waals surface area contributed by atoms with Gasteiger partial charge >= 0.3 is 0 Å². The van der Waals surface area contributed by atoms with Crippen LogP contribution in [0.15, 0.2) is 42.9 Å². The van der Waals surface area contributed by atoms with Gasteiger partial charge < -0.3 is 16.0 Å². The van der Waals surface area contributed by atoms with E-state index in [-0.39, 0.29) is 17.4 Å². The monoisotopic (exact) mass is 483 g/mol. The van der Waals surface area contributed by atoms with E-state index in [9.17, 15) is 9.18 Å². The molecule has 0 spiro atoms. The van der Waals surface area contributed by atoms with Gasteiger partial charge in [0, 0.05) is 29.9 Å². The third kappa shape index (κ3) is 3.22. The van der Waals surface area contributed by atoms with Crippen molar-refractivity contribution >= 4 is 23.1 Å². The van der Waals surface area contributed by atoms with E-state index in [1.54, 1.807) is 36.0 Å². The molecule has 3 atom stereocenters. The van der Waals surface area contributed by atoms with Crippen LogP contribution in [0.2, 0.25) is 0 Å². The number of pyridine rings is 3. The third-order valence-electron chi connectivity index (χ3n) is 8.06. The fourth-order valence-corrected chi connectivity index (χ4v) is 6.22. The van der Waals surface area contributed by atoms with Crippen molar-refractivity contribution in [2.45, 2.75) is 32.2 Å². The van der Waals surface area contributed by atoms with E-state index in [0.29, 0.717) is 52.4 Å². The number of imidazole rings is 1. The van der Waals surface area contributed by atoms with Crippen molar-refractivity contribution in [3.05, 3.63) is 71.1 Å². The molecule has 6 heterocycles. The van der Waals surface area contributed by atoms with Crippen LogP contribution in [-0.2, 0) is 6.54 Å². The number of halogens is 1. The first-order valence-corrected chi connectivity index (χ1v) is 12.5. The van der Waals surface area contributed by atoms with E-state index in [1.807, 2.05) is 12.1 Å². The fraction of sp³-hybridized carbons (Fsp3) is 0.333. The molecule has 3 N–H and O–H groups in total. The molecule has 0 aromatic carbocycles. The Bertz CT molecular complexity index is 1530. The first-order chi connectivity index (χ1) is 17.6. The number of carbonyl (C=O) groups is 1. The topological polar surface area (TPSA) is 96.2 Å². The van der Waals surface area contributed by atoms with Gasteiger partial charge in [0.1, 0.15) is 5.82 Å². The summed E-state index contributed by atoms with van der Waals surface area (Å²) in [5.74, 6) is 2.02. The Morgan fingerprint density at radius 2 is 2.06 bits per heavy atom. The number of hydrogen-bond donors (Lipinski definition) is 3. The summed E-state index contributed by atoms with van der Waals surface area (Å²) in [5.41, 5.74) is 5.03. The molecule has 7 rings (SSSR count). The SMILES string of the molecule is Cc1ccn2c(-c3ncc(Nc4cccc(C5CC[C@@H]6CNC[C@H]56)n4)c4c3CNC4=O)cnc2c1F. The lowest BCUT2D eigenvalue weighted by molar-refractivity contribution is 0.0966. The molecule has 1 saturated carbocycles. The normalized spacial score (nSPS) is 22.6. The number of carbonyl (C=O) groups excluding carboxylic acids is 1. The molecule has 1 saturated heterocycles. The number of nitrogens with zero attached hydrogens (tertiary/aromatic N) is 4. The zero-order chi connectivity index (χ0) is 24.4. The van der Waals surface area contributed by atoms with Gasteiger partial charge in [-0.25, -0.2) is 14.4 Å². The summed E-state index contributed by atoms with van der Waals surface area (Å²) < 4.78 is 16.3. The molecule has 9 heteroatoms. The lowest BCUT2D eigenvalue weighted by Crippen LogP contribution is -2.16. The van der Waals surface area contributed by atoms with E-state index in [0.717, 1.165) is 30.3 Å². The molecule has 8 nitrogen and oxygen atoms in total. The van der Waals surface area contributed by atoms with Gasteiger partial charge in [0.2, 0.25) is 0 Å². The van der Waals surface area contributed by atoms with Gasteiger partial charge in [0.25, 0.3) is 5.91 Å². The Morgan fingerprint density at radius 3 is 2.97 bits per heavy atom. The molecule has 0 bridgehead atoms. The molecule has 4 aromatic heterocycles. The zero-order valence-corrected chi connectivity index (χ0v) is 19.9. The Hall–Kier alpha value is -3.85. The number of fused-ring (bicyclic) bond motifs is 3. The summed E-state index contributed by atoms with van der Waals surface area (Å²) in [6, 6.07) is 7.77. The Morgan fingerprint density at radius 1 is 1.14 bits per heavy atom. The Kier molecular flexibility index (Phi) is 4.82. The highest BCUT2D eigenvalue weighted by Crippen LogP contribution is 2.45. The average Bonchev–Trinajstić information content (AvgIpc) is 3.66. The van der Waals surface area contributed by atoms with Crippen LogP contribution >= 0.6 is 0 Å². The van der Waals surface area contributed by atoms with Crippen LogP contribution < -0.4 is 16.0 Å². The number of amides is 1. The minimum Gasteiger partial charge on any atom is -0.348 e. The predicted octanol–water partition coefficient (Wildman–Crippen LogP) is 3.94. The second kappa shape index (κ2) is 8.09. The van der Waals surface area contributed by atoms with Crippen LogP contribution in [0.5, 0.6) is 0 Å². The van der Waals surface area contributed by atoms with E-state index < -0.39 is 0 Å². The van der Waals surface area contributed by atoms with Crippen molar-refractivity contribution in [1.29, 1.82) is 0 Å². The first-order valence-electron chi connectivity index (χ1n) is 12.5. The standard InChI is InChI=1S/C27H26FN7O/c1-14-7-8-35-21(13-31-26(35)24(14)28)25-18-11-32-27(36)23(18)20(12-30-25)34-22-4-2-3-19(33-22)16-6-5-15-9-29-10-17(15)16/h2-4,7-8,12-13,15-17,29H,5-6,9-11H2,1H3,(H,32,36)(H,33,34)/t15-,16?,17+/m1/s1. The van der Waals surface area contributed by atoms with Crippen LogP contribution in [0.25, 0.3) is 17.0 Å². The maximum atomic E-state index is 14.6. The summed E-state index contributed by atoms with van der Waals surface area (Å²) in [7, 11) is 0. The van der Waals surface area contributed by atoms with Gasteiger partial charge in [-0.05, 0) is 68.5 Å². The molecule has 0 radical (unpaired) electrons. The van der Waals surface area contributed by atoms with E-state index in [2.05, 4.69) is 27.0 Å². The third-order valence-corrected chi connectivity index (χ3v) is 8.06. The molecular formula is C27H26FN7O. The molecule has 36 heavy (non-hydrogen) atoms. The first kappa shape index (κ1) is 21.4. The van der Waals surface area contributed by atoms with E-state index in [4.69, 9.17) is 9.97 Å². The number of anilines is 2. The molecule has 182 valence electrons. The molecule has 1 aliphatic carbocycles. The minimum atomic E-state index is -0.360. The van der Waals surface area contributed by atoms with Crippen LogP contribution in [0.1, 0.15) is 45.9 Å². The molecule has 1 unspecified atom stereocenters. The lowest BCUT2D eigenvalue weighted by atomic mass is 9.90. The molecule has 1 amide bonds. The van der Waals surface area contributed by atoms with Crippen LogP contribution in [0.4, 0.5) is 15.9 Å². The van der Waals surface area contributed by atoms with Gasteiger partial charge in [-0.3, -0.25) is 14.2 Å². The molecular weight excluding hydrogens is 457 g/mol. The van der Waals surface area contributed by atoms with Crippen molar-refractivity contribution in [2.75, 3.05) is 18.4 Å². The van der Waals surface area contributed by atoms with E-state index in [1.165, 1.54) is 12.8 Å². The number of aryl methyl sites for hydroxylation is 1. The van der Waals surface area contributed by atoms with Crippen molar-refractivity contribution < 1.29 is 9.18 Å². The Balaban J connectivity index is 1.25. The van der Waals surface area contributed by atoms with Gasteiger partial charge in [-0.2, -0.15) is 0 Å². The predicted molar refractivity (Wildman–Crippen MR) is 134 cm³/mol. The maximum absolute atomic E-state index is 14.6. The summed E-state index contributed by atoms with van der Waals surface area (Å²) in [6.45, 7) is 4.22. The summed E-state index contributed by atoms with van der Waals surface area (Å²) in [4.78, 5) is 26.8. The number of nitrogens with one attached hydrogen (secondary N) is 3. The minimum absolute atomic E-state index is 0.168. The van der Waals surface area contributed by atoms with Gasteiger partial charge in [0.15, 0.2) is 11.5 Å². The Labute approximate surface area is 207 Å². The van der Waals surface area contributed by atoms with Crippen molar-refractivity contribution in [3.8, 4) is 11.4 Å². The highest BCUT2D eigenvalue weighted by atomic mass is 19.1. The van der Waals surface area contributed by atoms with Crippen LogP contribution in [-0.4, -0.2) is 38.3 Å². The molecule has 4 aromatic rings. The van der Waals surface area contributed by atoms with Gasteiger partial charge in [0.05, 0.1) is 35.0 Å². The highest BCUT2D eigenvalue weighted by Gasteiger charge is 2.40. The van der Waals surface area contributed by atoms with Crippen LogP contribution in [0.3, 0.4) is 0 Å². The van der Waals surface area contributed by atoms with Crippen LogP contribution in [0, 0.1) is 24.6 Å². The summed E-state index contributed by atoms with van der Waals surface area (Å²) >= 11 is 0. The average molecular weight is 484 g/mol. The molecule has 2 aliphatic heterocycles. The molecule has 3 aliphatic rings. The largest absolute Gasteiger partial charge is 0.348 e.